The van der Waals surface area contributed by atoms with E-state index < -0.39 is 5.41 Å². The maximum Gasteiger partial charge on any atom is 0.228 e. The van der Waals surface area contributed by atoms with Gasteiger partial charge in [0.05, 0.1) is 5.41 Å². The molecule has 2 aromatic carbocycles. The van der Waals surface area contributed by atoms with Crippen molar-refractivity contribution in [3.05, 3.63) is 59.9 Å². The van der Waals surface area contributed by atoms with Gasteiger partial charge in [0.1, 0.15) is 5.82 Å². The third-order valence-corrected chi connectivity index (χ3v) is 5.43. The van der Waals surface area contributed by atoms with Crippen LogP contribution in [-0.4, -0.2) is 36.9 Å². The third-order valence-electron chi connectivity index (χ3n) is 5.43. The van der Waals surface area contributed by atoms with Gasteiger partial charge in [-0.15, -0.1) is 0 Å². The summed E-state index contributed by atoms with van der Waals surface area (Å²) < 4.78 is 14.4. The molecule has 0 saturated carbocycles. The summed E-state index contributed by atoms with van der Waals surface area (Å²) >= 11 is 0. The summed E-state index contributed by atoms with van der Waals surface area (Å²) in [6.45, 7) is 2.79. The summed E-state index contributed by atoms with van der Waals surface area (Å²) in [5, 5.41) is 2.77. The Kier molecular flexibility index (Phi) is 5.59. The lowest BCUT2D eigenvalue weighted by Gasteiger charge is -2.28. The Labute approximate surface area is 159 Å². The number of nitrogens with zero attached hydrogens (tertiary/aromatic N) is 1. The Morgan fingerprint density at radius 2 is 1.78 bits per heavy atom. The van der Waals surface area contributed by atoms with E-state index in [1.807, 2.05) is 31.2 Å². The van der Waals surface area contributed by atoms with Gasteiger partial charge in [-0.25, -0.2) is 4.39 Å². The summed E-state index contributed by atoms with van der Waals surface area (Å²) in [5.41, 5.74) is 1.54. The maximum absolute atomic E-state index is 14.4. The van der Waals surface area contributed by atoms with E-state index in [4.69, 9.17) is 0 Å². The first-order chi connectivity index (χ1) is 13.0. The first-order valence-corrected chi connectivity index (χ1v) is 9.33. The van der Waals surface area contributed by atoms with E-state index in [1.165, 1.54) is 6.07 Å². The van der Waals surface area contributed by atoms with Crippen molar-refractivity contribution in [1.82, 2.24) is 10.2 Å². The molecule has 4 nitrogen and oxygen atoms in total. The third kappa shape index (κ3) is 3.72. The van der Waals surface area contributed by atoms with Gasteiger partial charge in [-0.05, 0) is 30.0 Å². The minimum atomic E-state index is -0.694. The molecule has 1 fully saturated rings. The van der Waals surface area contributed by atoms with Crippen LogP contribution in [0.2, 0.25) is 0 Å². The van der Waals surface area contributed by atoms with Gasteiger partial charge in [0, 0.05) is 32.1 Å². The number of likely N-dealkylation sites (tertiary alicyclic amines) is 1. The van der Waals surface area contributed by atoms with Crippen LogP contribution < -0.4 is 5.32 Å². The number of benzene rings is 2. The van der Waals surface area contributed by atoms with Crippen molar-refractivity contribution >= 4 is 11.8 Å². The van der Waals surface area contributed by atoms with Crippen molar-refractivity contribution in [3.63, 3.8) is 0 Å². The van der Waals surface area contributed by atoms with Crippen LogP contribution in [0.3, 0.4) is 0 Å². The largest absolute Gasteiger partial charge is 0.359 e. The second-order valence-corrected chi connectivity index (χ2v) is 7.09. The first kappa shape index (κ1) is 19.1. The normalized spacial score (nSPS) is 19.1. The van der Waals surface area contributed by atoms with Crippen LogP contribution in [0.1, 0.15) is 25.3 Å². The van der Waals surface area contributed by atoms with Crippen LogP contribution >= 0.6 is 0 Å². The maximum atomic E-state index is 14.4. The average Bonchev–Trinajstić information content (AvgIpc) is 3.13. The molecule has 142 valence electrons. The number of carbonyl (C=O) groups is 2. The summed E-state index contributed by atoms with van der Waals surface area (Å²) in [4.78, 5) is 26.7. The van der Waals surface area contributed by atoms with Crippen molar-refractivity contribution in [2.45, 2.75) is 26.2 Å². The second-order valence-electron chi connectivity index (χ2n) is 7.09. The molecular formula is C22H25FN2O2. The summed E-state index contributed by atoms with van der Waals surface area (Å²) in [6, 6.07) is 14.3. The first-order valence-electron chi connectivity index (χ1n) is 9.33. The number of halogens is 1. The molecule has 1 atom stereocenters. The zero-order chi connectivity index (χ0) is 19.4. The Morgan fingerprint density at radius 3 is 2.44 bits per heavy atom. The highest BCUT2D eigenvalue weighted by molar-refractivity contribution is 5.86. The highest BCUT2D eigenvalue weighted by atomic mass is 19.1. The van der Waals surface area contributed by atoms with Gasteiger partial charge < -0.3 is 10.2 Å². The van der Waals surface area contributed by atoms with Crippen LogP contribution in [0.15, 0.2) is 48.5 Å². The van der Waals surface area contributed by atoms with Gasteiger partial charge in [-0.3, -0.25) is 9.59 Å². The van der Waals surface area contributed by atoms with Gasteiger partial charge >= 0.3 is 0 Å². The summed E-state index contributed by atoms with van der Waals surface area (Å²) in [7, 11) is 1.62. The second kappa shape index (κ2) is 7.91. The zero-order valence-corrected chi connectivity index (χ0v) is 15.8. The number of amides is 2. The number of hydrogen-bond acceptors (Lipinski definition) is 2. The lowest BCUT2D eigenvalue weighted by molar-refractivity contribution is -0.132. The Morgan fingerprint density at radius 1 is 1.11 bits per heavy atom. The Hall–Kier alpha value is -2.69. The van der Waals surface area contributed by atoms with E-state index in [0.717, 1.165) is 11.1 Å². The van der Waals surface area contributed by atoms with E-state index in [-0.39, 0.29) is 17.6 Å². The van der Waals surface area contributed by atoms with Crippen molar-refractivity contribution in [2.75, 3.05) is 20.1 Å². The lowest BCUT2D eigenvalue weighted by atomic mass is 9.78. The van der Waals surface area contributed by atoms with E-state index in [1.54, 1.807) is 30.1 Å². The molecule has 1 heterocycles. The molecule has 0 unspecified atom stereocenters. The SMILES string of the molecule is CCC(=O)N1CC[C@](Cc2ccccc2-c2ccccc2F)(C(=O)NC)C1. The molecule has 1 aliphatic rings. The molecule has 1 aliphatic heterocycles. The fourth-order valence-corrected chi connectivity index (χ4v) is 3.97. The minimum absolute atomic E-state index is 0.0585. The van der Waals surface area contributed by atoms with Crippen LogP contribution in [-0.2, 0) is 16.0 Å². The number of carbonyl (C=O) groups excluding carboxylic acids is 2. The Balaban J connectivity index is 1.98. The fourth-order valence-electron chi connectivity index (χ4n) is 3.97. The quantitative estimate of drug-likeness (QED) is 0.879. The molecule has 0 aromatic heterocycles. The zero-order valence-electron chi connectivity index (χ0n) is 15.8. The molecule has 27 heavy (non-hydrogen) atoms. The number of rotatable bonds is 5. The molecule has 2 aromatic rings. The molecule has 5 heteroatoms. The lowest BCUT2D eigenvalue weighted by Crippen LogP contribution is -2.44. The Bertz CT molecular complexity index is 852. The van der Waals surface area contributed by atoms with Crippen LogP contribution in [0.5, 0.6) is 0 Å². The molecule has 0 aliphatic carbocycles. The van der Waals surface area contributed by atoms with Gasteiger partial charge in [0.25, 0.3) is 0 Å². The molecular weight excluding hydrogens is 343 g/mol. The van der Waals surface area contributed by atoms with Crippen molar-refractivity contribution in [1.29, 1.82) is 0 Å². The predicted octanol–water partition coefficient (Wildman–Crippen LogP) is 3.41. The predicted molar refractivity (Wildman–Crippen MR) is 104 cm³/mol. The van der Waals surface area contributed by atoms with Crippen molar-refractivity contribution in [2.24, 2.45) is 5.41 Å². The molecule has 0 radical (unpaired) electrons. The molecule has 0 spiro atoms. The van der Waals surface area contributed by atoms with E-state index in [2.05, 4.69) is 5.32 Å². The molecule has 1 N–H and O–H groups in total. The number of nitrogens with one attached hydrogen (secondary N) is 1. The highest BCUT2D eigenvalue weighted by Gasteiger charge is 2.45. The average molecular weight is 368 g/mol. The van der Waals surface area contributed by atoms with Crippen molar-refractivity contribution in [3.8, 4) is 11.1 Å². The topological polar surface area (TPSA) is 49.4 Å². The van der Waals surface area contributed by atoms with Crippen LogP contribution in [0.25, 0.3) is 11.1 Å². The standard InChI is InChI=1S/C22H25FN2O2/c1-3-20(26)25-13-12-22(15-25,21(27)24-2)14-16-8-4-5-9-17(16)18-10-6-7-11-19(18)23/h4-11H,3,12-15H2,1-2H3,(H,24,27)/t22-/m1/s1. The van der Waals surface area contributed by atoms with Gasteiger partial charge in [-0.1, -0.05) is 49.4 Å². The van der Waals surface area contributed by atoms with E-state index in [0.29, 0.717) is 37.9 Å². The minimum Gasteiger partial charge on any atom is -0.359 e. The smallest absolute Gasteiger partial charge is 0.228 e. The molecule has 2 amide bonds. The van der Waals surface area contributed by atoms with E-state index >= 15 is 0 Å². The van der Waals surface area contributed by atoms with Crippen LogP contribution in [0, 0.1) is 11.2 Å². The molecule has 3 rings (SSSR count). The van der Waals surface area contributed by atoms with Gasteiger partial charge in [-0.2, -0.15) is 0 Å². The monoisotopic (exact) mass is 368 g/mol. The summed E-state index contributed by atoms with van der Waals surface area (Å²) in [5.74, 6) is -0.298. The van der Waals surface area contributed by atoms with Crippen molar-refractivity contribution < 1.29 is 14.0 Å². The van der Waals surface area contributed by atoms with Gasteiger partial charge in [0.15, 0.2) is 0 Å². The molecule has 1 saturated heterocycles. The number of hydrogen-bond donors (Lipinski definition) is 1. The molecule has 0 bridgehead atoms. The summed E-state index contributed by atoms with van der Waals surface area (Å²) in [6.07, 6.45) is 1.49. The van der Waals surface area contributed by atoms with Crippen LogP contribution in [0.4, 0.5) is 4.39 Å². The highest BCUT2D eigenvalue weighted by Crippen LogP contribution is 2.38. The van der Waals surface area contributed by atoms with E-state index in [9.17, 15) is 14.0 Å². The fraction of sp³-hybridized carbons (Fsp3) is 0.364. The van der Waals surface area contributed by atoms with Gasteiger partial charge in [0.2, 0.25) is 11.8 Å².